The molecule has 0 unspecified atom stereocenters. The topological polar surface area (TPSA) is 86.5 Å². The molecule has 6 aromatic rings. The third-order valence-corrected chi connectivity index (χ3v) is 5.76. The molecular weight excluding hydrogens is 398 g/mol. The molecule has 32 heavy (non-hydrogen) atoms. The normalized spacial score (nSPS) is 11.4. The number of aromatic nitrogens is 4. The predicted molar refractivity (Wildman–Crippen MR) is 126 cm³/mol. The molecule has 0 bridgehead atoms. The number of carbonyl (C=O) groups is 1. The largest absolute Gasteiger partial charge is 0.348 e. The highest BCUT2D eigenvalue weighted by molar-refractivity contribution is 5.99. The van der Waals surface area contributed by atoms with Gasteiger partial charge in [0.1, 0.15) is 5.69 Å². The van der Waals surface area contributed by atoms with Crippen molar-refractivity contribution in [3.8, 4) is 11.5 Å². The summed E-state index contributed by atoms with van der Waals surface area (Å²) in [5.74, 6) is 0.548. The third kappa shape index (κ3) is 3.09. The molecular formula is C26H19N5O. The van der Waals surface area contributed by atoms with Crippen LogP contribution in [0.2, 0.25) is 0 Å². The van der Waals surface area contributed by atoms with Gasteiger partial charge in [-0.3, -0.25) is 9.89 Å². The van der Waals surface area contributed by atoms with E-state index in [9.17, 15) is 4.79 Å². The summed E-state index contributed by atoms with van der Waals surface area (Å²) in [5, 5.41) is 13.8. The summed E-state index contributed by atoms with van der Waals surface area (Å²) in [4.78, 5) is 20.8. The van der Waals surface area contributed by atoms with Gasteiger partial charge in [-0.1, -0.05) is 60.7 Å². The van der Waals surface area contributed by atoms with Crippen molar-refractivity contribution >= 4 is 38.6 Å². The van der Waals surface area contributed by atoms with Crippen LogP contribution in [0.15, 0.2) is 84.9 Å². The van der Waals surface area contributed by atoms with E-state index in [1.54, 1.807) is 6.07 Å². The lowest BCUT2D eigenvalue weighted by Gasteiger charge is -2.08. The molecule has 0 saturated carbocycles. The third-order valence-electron chi connectivity index (χ3n) is 5.76. The van der Waals surface area contributed by atoms with Crippen molar-refractivity contribution in [2.75, 3.05) is 0 Å². The highest BCUT2D eigenvalue weighted by Gasteiger charge is 2.14. The van der Waals surface area contributed by atoms with Crippen molar-refractivity contribution in [2.24, 2.45) is 0 Å². The van der Waals surface area contributed by atoms with Crippen LogP contribution in [0.4, 0.5) is 0 Å². The Bertz CT molecular complexity index is 1610. The fourth-order valence-electron chi connectivity index (χ4n) is 4.13. The zero-order chi connectivity index (χ0) is 21.5. The monoisotopic (exact) mass is 417 g/mol. The number of carbonyl (C=O) groups excluding carboxylic acids is 1. The number of hydrogen-bond donors (Lipinski definition) is 3. The maximum Gasteiger partial charge on any atom is 0.251 e. The molecule has 0 aliphatic rings. The standard InChI is InChI=1S/C26H19N5O/c32-26(27-15-18-8-5-7-16-6-1-2-9-19(16)18)17-12-13-22-23(14-17)29-25(28-22)24-20-10-3-4-11-21(20)30-31-24/h1-14H,15H2,(H,27,32)(H,28,29)(H,30,31). The molecule has 0 spiro atoms. The first-order valence-electron chi connectivity index (χ1n) is 10.4. The Hall–Kier alpha value is -4.45. The molecule has 0 aliphatic heterocycles. The van der Waals surface area contributed by atoms with Crippen LogP contribution >= 0.6 is 0 Å². The van der Waals surface area contributed by atoms with Gasteiger partial charge in [0.15, 0.2) is 5.82 Å². The van der Waals surface area contributed by atoms with Crippen LogP contribution in [0.1, 0.15) is 15.9 Å². The maximum absolute atomic E-state index is 12.8. The summed E-state index contributed by atoms with van der Waals surface area (Å²) >= 11 is 0. The molecule has 2 heterocycles. The number of imidazole rings is 1. The first-order chi connectivity index (χ1) is 15.8. The average Bonchev–Trinajstić information content (AvgIpc) is 3.46. The molecule has 4 aromatic carbocycles. The Kier molecular flexibility index (Phi) is 4.21. The molecule has 6 rings (SSSR count). The quantitative estimate of drug-likeness (QED) is 0.369. The minimum atomic E-state index is -0.124. The first kappa shape index (κ1) is 18.3. The number of nitrogens with one attached hydrogen (secondary N) is 3. The fraction of sp³-hybridized carbons (Fsp3) is 0.0385. The second kappa shape index (κ2) is 7.35. The molecule has 0 saturated heterocycles. The predicted octanol–water partition coefficient (Wildman–Crippen LogP) is 5.19. The van der Waals surface area contributed by atoms with Gasteiger partial charge in [0, 0.05) is 17.5 Å². The highest BCUT2D eigenvalue weighted by atomic mass is 16.1. The van der Waals surface area contributed by atoms with Gasteiger partial charge in [0.2, 0.25) is 0 Å². The molecule has 3 N–H and O–H groups in total. The van der Waals surface area contributed by atoms with Crippen LogP contribution in [-0.4, -0.2) is 26.1 Å². The minimum absolute atomic E-state index is 0.124. The molecule has 1 amide bonds. The molecule has 6 nitrogen and oxygen atoms in total. The molecule has 0 aliphatic carbocycles. The lowest BCUT2D eigenvalue weighted by Crippen LogP contribution is -2.22. The Morgan fingerprint density at radius 1 is 0.844 bits per heavy atom. The number of fused-ring (bicyclic) bond motifs is 3. The van der Waals surface area contributed by atoms with E-state index in [1.165, 1.54) is 0 Å². The maximum atomic E-state index is 12.8. The van der Waals surface area contributed by atoms with E-state index in [-0.39, 0.29) is 5.91 Å². The van der Waals surface area contributed by atoms with Gasteiger partial charge in [0.05, 0.1) is 16.6 Å². The van der Waals surface area contributed by atoms with Crippen molar-refractivity contribution < 1.29 is 4.79 Å². The number of aromatic amines is 2. The SMILES string of the molecule is O=C(NCc1cccc2ccccc12)c1ccc2nc(-c3n[nH]c4ccccc34)[nH]c2c1. The number of amides is 1. The number of rotatable bonds is 4. The Balaban J connectivity index is 1.27. The average molecular weight is 417 g/mol. The number of H-pyrrole nitrogens is 2. The van der Waals surface area contributed by atoms with Crippen LogP contribution in [0.3, 0.4) is 0 Å². The van der Waals surface area contributed by atoms with Crippen molar-refractivity contribution in [3.05, 3.63) is 96.1 Å². The van der Waals surface area contributed by atoms with Crippen LogP contribution in [0.25, 0.3) is 44.2 Å². The zero-order valence-corrected chi connectivity index (χ0v) is 17.1. The summed E-state index contributed by atoms with van der Waals surface area (Å²) in [5.41, 5.74) is 4.98. The Morgan fingerprint density at radius 2 is 1.66 bits per heavy atom. The van der Waals surface area contributed by atoms with Gasteiger partial charge >= 0.3 is 0 Å². The van der Waals surface area contributed by atoms with Crippen molar-refractivity contribution in [1.29, 1.82) is 0 Å². The first-order valence-corrected chi connectivity index (χ1v) is 10.4. The molecule has 0 radical (unpaired) electrons. The summed E-state index contributed by atoms with van der Waals surface area (Å²) in [6, 6.07) is 27.7. The second-order valence-electron chi connectivity index (χ2n) is 7.76. The van der Waals surface area contributed by atoms with E-state index in [0.29, 0.717) is 17.9 Å². The summed E-state index contributed by atoms with van der Waals surface area (Å²) in [6.07, 6.45) is 0. The van der Waals surface area contributed by atoms with Gasteiger partial charge in [-0.05, 0) is 40.6 Å². The van der Waals surface area contributed by atoms with Crippen molar-refractivity contribution in [2.45, 2.75) is 6.54 Å². The second-order valence-corrected chi connectivity index (χ2v) is 7.76. The van der Waals surface area contributed by atoms with E-state index in [0.717, 1.165) is 44.0 Å². The van der Waals surface area contributed by atoms with Gasteiger partial charge in [0.25, 0.3) is 5.91 Å². The van der Waals surface area contributed by atoms with Crippen LogP contribution in [0.5, 0.6) is 0 Å². The van der Waals surface area contributed by atoms with Gasteiger partial charge in [-0.25, -0.2) is 4.98 Å². The van der Waals surface area contributed by atoms with Crippen LogP contribution in [0, 0.1) is 0 Å². The van der Waals surface area contributed by atoms with E-state index in [2.05, 4.69) is 43.7 Å². The number of benzene rings is 4. The van der Waals surface area contributed by atoms with E-state index >= 15 is 0 Å². The molecule has 6 heteroatoms. The Labute approximate surface area is 183 Å². The molecule has 0 fully saturated rings. The highest BCUT2D eigenvalue weighted by Crippen LogP contribution is 2.26. The van der Waals surface area contributed by atoms with Crippen LogP contribution in [-0.2, 0) is 6.54 Å². The lowest BCUT2D eigenvalue weighted by atomic mass is 10.0. The molecule has 0 atom stereocenters. The van der Waals surface area contributed by atoms with Crippen molar-refractivity contribution in [3.63, 3.8) is 0 Å². The fourth-order valence-corrected chi connectivity index (χ4v) is 4.13. The Morgan fingerprint density at radius 3 is 2.59 bits per heavy atom. The molecule has 154 valence electrons. The summed E-state index contributed by atoms with van der Waals surface area (Å²) in [7, 11) is 0. The number of para-hydroxylation sites is 1. The van der Waals surface area contributed by atoms with E-state index in [4.69, 9.17) is 0 Å². The zero-order valence-electron chi connectivity index (χ0n) is 17.1. The van der Waals surface area contributed by atoms with Gasteiger partial charge < -0.3 is 10.3 Å². The van der Waals surface area contributed by atoms with Crippen molar-refractivity contribution in [1.82, 2.24) is 25.5 Å². The van der Waals surface area contributed by atoms with Crippen LogP contribution < -0.4 is 5.32 Å². The lowest BCUT2D eigenvalue weighted by molar-refractivity contribution is 0.0951. The summed E-state index contributed by atoms with van der Waals surface area (Å²) in [6.45, 7) is 0.464. The summed E-state index contributed by atoms with van der Waals surface area (Å²) < 4.78 is 0. The van der Waals surface area contributed by atoms with Gasteiger partial charge in [-0.15, -0.1) is 0 Å². The smallest absolute Gasteiger partial charge is 0.251 e. The number of nitrogens with zero attached hydrogens (tertiary/aromatic N) is 2. The molecule has 2 aromatic heterocycles. The minimum Gasteiger partial charge on any atom is -0.348 e. The number of hydrogen-bond acceptors (Lipinski definition) is 3. The van der Waals surface area contributed by atoms with E-state index in [1.807, 2.05) is 60.7 Å². The van der Waals surface area contributed by atoms with E-state index < -0.39 is 0 Å². The van der Waals surface area contributed by atoms with Gasteiger partial charge in [-0.2, -0.15) is 5.10 Å².